The number of imidazole rings is 1. The van der Waals surface area contributed by atoms with E-state index in [1.54, 1.807) is 25.4 Å². The van der Waals surface area contributed by atoms with Gasteiger partial charge in [-0.2, -0.15) is 9.65 Å². The fraction of sp³-hybridized carbons (Fsp3) is 0.350. The second-order valence-electron chi connectivity index (χ2n) is 7.42. The minimum absolute atomic E-state index is 0.310. The molecule has 0 saturated carbocycles. The fourth-order valence-electron chi connectivity index (χ4n) is 3.03. The molecule has 6 nitrogen and oxygen atoms in total. The lowest BCUT2D eigenvalue weighted by molar-refractivity contribution is -0.0258. The second kappa shape index (κ2) is 7.95. The zero-order valence-electron chi connectivity index (χ0n) is 16.7. The van der Waals surface area contributed by atoms with Crippen LogP contribution < -0.4 is 4.74 Å². The van der Waals surface area contributed by atoms with Gasteiger partial charge in [-0.3, -0.25) is 9.38 Å². The summed E-state index contributed by atoms with van der Waals surface area (Å²) < 4.78 is 26.4. The molecule has 2 aromatic heterocycles. The molecule has 9 heteroatoms. The summed E-state index contributed by atoms with van der Waals surface area (Å²) in [4.78, 5) is 8.57. The summed E-state index contributed by atoms with van der Waals surface area (Å²) in [5, 5.41) is 9.41. The van der Waals surface area contributed by atoms with Crippen molar-refractivity contribution in [3.05, 3.63) is 47.7 Å². The van der Waals surface area contributed by atoms with Crippen LogP contribution >= 0.6 is 18.5 Å². The van der Waals surface area contributed by atoms with E-state index in [1.165, 1.54) is 13.8 Å². The molecule has 0 aliphatic heterocycles. The van der Waals surface area contributed by atoms with Crippen molar-refractivity contribution in [3.8, 4) is 23.1 Å². The van der Waals surface area contributed by atoms with Crippen molar-refractivity contribution >= 4 is 24.0 Å². The van der Waals surface area contributed by atoms with Crippen LogP contribution in [0.3, 0.4) is 0 Å². The van der Waals surface area contributed by atoms with Crippen molar-refractivity contribution < 1.29 is 13.9 Å². The van der Waals surface area contributed by atoms with Gasteiger partial charge in [0.15, 0.2) is 5.69 Å². The minimum Gasteiger partial charge on any atom is -0.459 e. The maximum absolute atomic E-state index is 13.9. The number of methoxy groups -OCH3 is 1. The van der Waals surface area contributed by atoms with E-state index in [0.29, 0.717) is 35.1 Å². The molecule has 0 saturated heterocycles. The summed E-state index contributed by atoms with van der Waals surface area (Å²) >= 11 is 0. The first kappa shape index (κ1) is 21.6. The molecule has 0 N–H and O–H groups in total. The van der Waals surface area contributed by atoms with Crippen LogP contribution in [0.15, 0.2) is 30.6 Å². The summed E-state index contributed by atoms with van der Waals surface area (Å²) in [6.07, 6.45) is 3.48. The smallest absolute Gasteiger partial charge is 0.242 e. The van der Waals surface area contributed by atoms with Crippen LogP contribution in [0.2, 0.25) is 0 Å². The summed E-state index contributed by atoms with van der Waals surface area (Å²) in [6.45, 7) is 4.98. The quantitative estimate of drug-likeness (QED) is 0.539. The highest BCUT2D eigenvalue weighted by Gasteiger charge is 2.24. The van der Waals surface area contributed by atoms with Gasteiger partial charge in [0, 0.05) is 32.7 Å². The maximum atomic E-state index is 13.9. The van der Waals surface area contributed by atoms with Crippen LogP contribution in [0.4, 0.5) is 4.39 Å². The van der Waals surface area contributed by atoms with Crippen LogP contribution in [0.25, 0.3) is 16.8 Å². The topological polar surface area (TPSA) is 72.4 Å². The monoisotopic (exact) mass is 432 g/mol. The first-order valence-corrected chi connectivity index (χ1v) is 10.1. The van der Waals surface area contributed by atoms with Gasteiger partial charge in [0.25, 0.3) is 0 Å². The molecular weight excluding hydrogens is 409 g/mol. The molecule has 0 amide bonds. The predicted molar refractivity (Wildman–Crippen MR) is 116 cm³/mol. The van der Waals surface area contributed by atoms with E-state index in [9.17, 15) is 9.65 Å². The van der Waals surface area contributed by atoms with E-state index in [-0.39, 0.29) is 0 Å². The maximum Gasteiger partial charge on any atom is 0.242 e. The molecule has 0 spiro atoms. The summed E-state index contributed by atoms with van der Waals surface area (Å²) in [5.41, 5.74) is 3.27. The summed E-state index contributed by atoms with van der Waals surface area (Å²) in [7, 11) is 7.01. The lowest BCUT2D eigenvalue weighted by Gasteiger charge is -2.19. The van der Waals surface area contributed by atoms with Crippen LogP contribution in [0.5, 0.6) is 5.75 Å². The van der Waals surface area contributed by atoms with E-state index >= 15 is 0 Å². The van der Waals surface area contributed by atoms with Gasteiger partial charge in [-0.25, -0.2) is 4.98 Å². The van der Waals surface area contributed by atoms with Crippen molar-refractivity contribution in [1.82, 2.24) is 14.4 Å². The molecule has 1 aromatic carbocycles. The highest BCUT2D eigenvalue weighted by Crippen LogP contribution is 2.38. The first-order valence-electron chi connectivity index (χ1n) is 8.90. The molecule has 0 aliphatic rings. The van der Waals surface area contributed by atoms with Crippen molar-refractivity contribution in [2.45, 2.75) is 38.1 Å². The number of benzene rings is 1. The molecule has 2 unspecified atom stereocenters. The molecule has 3 aromatic rings. The molecule has 29 heavy (non-hydrogen) atoms. The zero-order valence-corrected chi connectivity index (χ0v) is 19.0. The second-order valence-corrected chi connectivity index (χ2v) is 10.5. The van der Waals surface area contributed by atoms with Crippen molar-refractivity contribution in [1.29, 1.82) is 5.26 Å². The number of nitriles is 1. The minimum atomic E-state index is -1.79. The Bertz CT molecular complexity index is 1090. The Balaban J connectivity index is 2.16. The first-order chi connectivity index (χ1) is 13.5. The van der Waals surface area contributed by atoms with Crippen LogP contribution in [0.1, 0.15) is 37.9 Å². The van der Waals surface area contributed by atoms with Crippen LogP contribution in [-0.4, -0.2) is 27.3 Å². The molecule has 2 heterocycles. The summed E-state index contributed by atoms with van der Waals surface area (Å²) in [5.74, 6) is -0.674. The van der Waals surface area contributed by atoms with Gasteiger partial charge in [-0.1, -0.05) is 0 Å². The lowest BCUT2D eigenvalue weighted by Crippen LogP contribution is -2.21. The van der Waals surface area contributed by atoms with Crippen molar-refractivity contribution in [2.24, 2.45) is 0 Å². The Morgan fingerprint density at radius 2 is 2.00 bits per heavy atom. The molecule has 0 fully saturated rings. The van der Waals surface area contributed by atoms with Crippen molar-refractivity contribution in [3.63, 3.8) is 0 Å². The van der Waals surface area contributed by atoms with Crippen LogP contribution in [-0.2, 0) is 16.2 Å². The average molecular weight is 432 g/mol. The lowest BCUT2D eigenvalue weighted by atomic mass is 10.0. The van der Waals surface area contributed by atoms with Gasteiger partial charge in [-0.15, -0.1) is 18.5 Å². The molecule has 0 radical (unpaired) electrons. The zero-order chi connectivity index (χ0) is 21.4. The van der Waals surface area contributed by atoms with Gasteiger partial charge < -0.3 is 9.47 Å². The van der Waals surface area contributed by atoms with Gasteiger partial charge in [0.2, 0.25) is 5.85 Å². The number of hydrogen-bond donors (Lipinski definition) is 0. The number of hydrogen-bond acceptors (Lipinski definition) is 5. The number of nitrogens with zero attached hydrogens (tertiary/aromatic N) is 4. The largest absolute Gasteiger partial charge is 0.459 e. The van der Waals surface area contributed by atoms with Crippen LogP contribution in [0, 0.1) is 11.3 Å². The van der Waals surface area contributed by atoms with Gasteiger partial charge in [0.1, 0.15) is 23.2 Å². The van der Waals surface area contributed by atoms with E-state index in [0.717, 1.165) is 11.1 Å². The Labute approximate surface area is 173 Å². The van der Waals surface area contributed by atoms with E-state index in [1.807, 2.05) is 23.6 Å². The van der Waals surface area contributed by atoms with Gasteiger partial charge in [-0.05, 0) is 30.7 Å². The van der Waals surface area contributed by atoms with Crippen molar-refractivity contribution in [2.75, 3.05) is 7.11 Å². The van der Waals surface area contributed by atoms with Gasteiger partial charge in [0.05, 0.1) is 23.4 Å². The highest BCUT2D eigenvalue weighted by atomic mass is 31.1. The van der Waals surface area contributed by atoms with E-state index < -0.39 is 10.8 Å². The Morgan fingerprint density at radius 3 is 2.59 bits per heavy atom. The normalized spacial score (nSPS) is 12.2. The third-order valence-electron chi connectivity index (χ3n) is 4.13. The third kappa shape index (κ3) is 4.73. The standard InChI is InChI=1S/C20H23FN4O2P2/c1-19(2,21)27-13-5-6-14(12(7-13)11-26-4)16-10-25-17(9-23-16)15(8-22)24-18(25)20(3,28)29/h5-7,9-10H,11,28-29H2,1-4H3. The molecular formula is C20H23FN4O2P2. The number of ether oxygens (including phenoxy) is 2. The SMILES string of the molecule is COCc1cc(OC(C)(C)F)ccc1-c1cn2c(C(C)(P)P)nc(C#N)c2cn1. The number of fused-ring (bicyclic) bond motifs is 1. The highest BCUT2D eigenvalue weighted by molar-refractivity contribution is 7.38. The van der Waals surface area contributed by atoms with E-state index in [2.05, 4.69) is 34.5 Å². The van der Waals surface area contributed by atoms with E-state index in [4.69, 9.17) is 9.47 Å². The molecule has 3 rings (SSSR count). The predicted octanol–water partition coefficient (Wildman–Crippen LogP) is 4.42. The molecule has 0 aliphatic carbocycles. The third-order valence-corrected chi connectivity index (χ3v) is 4.64. The summed E-state index contributed by atoms with van der Waals surface area (Å²) in [6, 6.07) is 7.39. The number of rotatable bonds is 6. The molecule has 2 atom stereocenters. The number of alkyl halides is 1. The van der Waals surface area contributed by atoms with Gasteiger partial charge >= 0.3 is 0 Å². The Morgan fingerprint density at radius 1 is 1.28 bits per heavy atom. The fourth-order valence-corrected chi connectivity index (χ4v) is 3.43. The Hall–Kier alpha value is -2.12. The molecule has 0 bridgehead atoms. The number of halogens is 1. The number of aromatic nitrogens is 3. The molecule has 152 valence electrons. The average Bonchev–Trinajstić information content (AvgIpc) is 2.99. The Kier molecular flexibility index (Phi) is 5.92.